The normalized spacial score (nSPS) is 11.2. The molecule has 4 aromatic rings. The van der Waals surface area contributed by atoms with E-state index >= 15 is 0 Å². The Labute approximate surface area is 185 Å². The van der Waals surface area contributed by atoms with E-state index in [-0.39, 0.29) is 0 Å². The second-order valence-electron chi connectivity index (χ2n) is 7.88. The summed E-state index contributed by atoms with van der Waals surface area (Å²) in [4.78, 5) is 45.1. The standard InChI is InChI=1S/C28H20O4/c1-17-5-21-9-25(13-29)27(15-31)11-23(21)7-19(17)3-4-20-8-24-12-28(16-32)26(14-30)10-22(24)6-18(20)2/h3-16H,1-2H3/b4-3-. The van der Waals surface area contributed by atoms with Gasteiger partial charge in [0.2, 0.25) is 0 Å². The van der Waals surface area contributed by atoms with Crippen LogP contribution in [0.2, 0.25) is 0 Å². The summed E-state index contributed by atoms with van der Waals surface area (Å²) in [5.74, 6) is 0. The van der Waals surface area contributed by atoms with Crippen LogP contribution < -0.4 is 0 Å². The summed E-state index contributed by atoms with van der Waals surface area (Å²) < 4.78 is 0. The lowest BCUT2D eigenvalue weighted by molar-refractivity contribution is 0.109. The van der Waals surface area contributed by atoms with E-state index < -0.39 is 0 Å². The summed E-state index contributed by atoms with van der Waals surface area (Å²) in [5, 5.41) is 3.58. The summed E-state index contributed by atoms with van der Waals surface area (Å²) in [6, 6.07) is 14.9. The van der Waals surface area contributed by atoms with E-state index in [1.807, 2.05) is 50.3 Å². The highest BCUT2D eigenvalue weighted by atomic mass is 16.1. The van der Waals surface area contributed by atoms with Crippen LogP contribution in [0.1, 0.15) is 63.7 Å². The van der Waals surface area contributed by atoms with Crippen LogP contribution in [0.3, 0.4) is 0 Å². The molecule has 0 heterocycles. The van der Waals surface area contributed by atoms with E-state index in [2.05, 4.69) is 0 Å². The first-order valence-electron chi connectivity index (χ1n) is 10.1. The molecule has 4 heteroatoms. The van der Waals surface area contributed by atoms with Crippen LogP contribution in [-0.2, 0) is 0 Å². The average Bonchev–Trinajstić information content (AvgIpc) is 2.81. The molecule has 0 saturated carbocycles. The maximum Gasteiger partial charge on any atom is 0.150 e. The molecule has 0 N–H and O–H groups in total. The van der Waals surface area contributed by atoms with Gasteiger partial charge in [-0.05, 0) is 94.0 Å². The predicted molar refractivity (Wildman–Crippen MR) is 128 cm³/mol. The molecule has 0 aliphatic carbocycles. The van der Waals surface area contributed by atoms with Gasteiger partial charge in [0.05, 0.1) is 0 Å². The topological polar surface area (TPSA) is 68.3 Å². The quantitative estimate of drug-likeness (QED) is 0.282. The number of hydrogen-bond donors (Lipinski definition) is 0. The van der Waals surface area contributed by atoms with Gasteiger partial charge in [0.15, 0.2) is 25.1 Å². The van der Waals surface area contributed by atoms with Gasteiger partial charge in [0.1, 0.15) is 0 Å². The molecular weight excluding hydrogens is 400 g/mol. The summed E-state index contributed by atoms with van der Waals surface area (Å²) in [5.41, 5.74) is 5.59. The van der Waals surface area contributed by atoms with E-state index in [0.29, 0.717) is 47.4 Å². The molecule has 0 aliphatic heterocycles. The third-order valence-electron chi connectivity index (χ3n) is 5.80. The third kappa shape index (κ3) is 3.79. The molecule has 0 fully saturated rings. The highest BCUT2D eigenvalue weighted by Crippen LogP contribution is 2.27. The zero-order valence-corrected chi connectivity index (χ0v) is 17.7. The number of aryl methyl sites for hydroxylation is 2. The molecule has 4 rings (SSSR count). The zero-order valence-electron chi connectivity index (χ0n) is 17.7. The monoisotopic (exact) mass is 420 g/mol. The van der Waals surface area contributed by atoms with Gasteiger partial charge in [-0.3, -0.25) is 19.2 Å². The van der Waals surface area contributed by atoms with Crippen LogP contribution in [0.5, 0.6) is 0 Å². The van der Waals surface area contributed by atoms with Crippen molar-refractivity contribution in [1.29, 1.82) is 0 Å². The number of carbonyl (C=O) groups is 4. The Morgan fingerprint density at radius 1 is 0.406 bits per heavy atom. The molecular formula is C28H20O4. The molecule has 0 amide bonds. The largest absolute Gasteiger partial charge is 0.298 e. The molecule has 0 bridgehead atoms. The van der Waals surface area contributed by atoms with Crippen molar-refractivity contribution in [2.75, 3.05) is 0 Å². The predicted octanol–water partition coefficient (Wildman–Crippen LogP) is 6.03. The van der Waals surface area contributed by atoms with Crippen LogP contribution in [0.25, 0.3) is 33.7 Å². The van der Waals surface area contributed by atoms with Crippen molar-refractivity contribution in [2.24, 2.45) is 0 Å². The molecule has 32 heavy (non-hydrogen) atoms. The highest BCUT2D eigenvalue weighted by Gasteiger charge is 2.08. The van der Waals surface area contributed by atoms with Crippen LogP contribution >= 0.6 is 0 Å². The SMILES string of the molecule is Cc1cc2cc(C=O)c(C=O)cc2cc1/C=C\c1cc2cc(C=O)c(C=O)cc2cc1C. The van der Waals surface area contributed by atoms with E-state index in [0.717, 1.165) is 43.8 Å². The first-order chi connectivity index (χ1) is 15.5. The number of benzene rings is 4. The Kier molecular flexibility index (Phi) is 5.61. The summed E-state index contributed by atoms with van der Waals surface area (Å²) in [6.07, 6.45) is 6.81. The Hall–Kier alpha value is -4.18. The number of fused-ring (bicyclic) bond motifs is 2. The molecule has 0 radical (unpaired) electrons. The average molecular weight is 420 g/mol. The minimum Gasteiger partial charge on any atom is -0.298 e. The van der Waals surface area contributed by atoms with Crippen molar-refractivity contribution < 1.29 is 19.2 Å². The fourth-order valence-electron chi connectivity index (χ4n) is 3.98. The number of rotatable bonds is 6. The van der Waals surface area contributed by atoms with E-state index in [1.54, 1.807) is 24.3 Å². The molecule has 0 aromatic heterocycles. The maximum atomic E-state index is 11.3. The van der Waals surface area contributed by atoms with E-state index in [1.165, 1.54) is 0 Å². The summed E-state index contributed by atoms with van der Waals surface area (Å²) in [7, 11) is 0. The van der Waals surface area contributed by atoms with E-state index in [9.17, 15) is 19.2 Å². The van der Waals surface area contributed by atoms with Crippen LogP contribution in [0.4, 0.5) is 0 Å². The first kappa shape index (κ1) is 21.1. The first-order valence-corrected chi connectivity index (χ1v) is 10.1. The smallest absolute Gasteiger partial charge is 0.150 e. The number of aldehydes is 4. The lowest BCUT2D eigenvalue weighted by atomic mass is 9.95. The fraction of sp³-hybridized carbons (Fsp3) is 0.0714. The Morgan fingerprint density at radius 2 is 0.656 bits per heavy atom. The van der Waals surface area contributed by atoms with Gasteiger partial charge >= 0.3 is 0 Å². The minimum absolute atomic E-state index is 0.373. The van der Waals surface area contributed by atoms with Crippen LogP contribution in [0.15, 0.2) is 48.5 Å². The molecule has 4 aromatic carbocycles. The fourth-order valence-corrected chi connectivity index (χ4v) is 3.98. The highest BCUT2D eigenvalue weighted by molar-refractivity contribution is 6.01. The Bertz CT molecular complexity index is 1350. The van der Waals surface area contributed by atoms with Gasteiger partial charge in [0.25, 0.3) is 0 Å². The van der Waals surface area contributed by atoms with Crippen molar-refractivity contribution in [3.05, 3.63) is 93.0 Å². The van der Waals surface area contributed by atoms with Gasteiger partial charge < -0.3 is 0 Å². The molecule has 0 unspecified atom stereocenters. The third-order valence-corrected chi connectivity index (χ3v) is 5.80. The molecule has 0 atom stereocenters. The van der Waals surface area contributed by atoms with Gasteiger partial charge in [-0.15, -0.1) is 0 Å². The minimum atomic E-state index is 0.373. The molecule has 4 nitrogen and oxygen atoms in total. The lowest BCUT2D eigenvalue weighted by Gasteiger charge is -2.09. The molecule has 0 spiro atoms. The molecule has 156 valence electrons. The summed E-state index contributed by atoms with van der Waals surface area (Å²) in [6.45, 7) is 4.00. The number of hydrogen-bond acceptors (Lipinski definition) is 4. The summed E-state index contributed by atoms with van der Waals surface area (Å²) >= 11 is 0. The van der Waals surface area contributed by atoms with Gasteiger partial charge in [-0.1, -0.05) is 24.3 Å². The van der Waals surface area contributed by atoms with Crippen LogP contribution in [0, 0.1) is 13.8 Å². The van der Waals surface area contributed by atoms with Crippen molar-refractivity contribution in [3.8, 4) is 0 Å². The second-order valence-corrected chi connectivity index (χ2v) is 7.88. The van der Waals surface area contributed by atoms with Crippen molar-refractivity contribution in [3.63, 3.8) is 0 Å². The Balaban J connectivity index is 1.79. The van der Waals surface area contributed by atoms with Crippen molar-refractivity contribution in [2.45, 2.75) is 13.8 Å². The van der Waals surface area contributed by atoms with Crippen LogP contribution in [-0.4, -0.2) is 25.1 Å². The molecule has 0 aliphatic rings. The van der Waals surface area contributed by atoms with Crippen molar-refractivity contribution >= 4 is 58.8 Å². The zero-order chi connectivity index (χ0) is 22.8. The van der Waals surface area contributed by atoms with Gasteiger partial charge in [0, 0.05) is 22.3 Å². The maximum absolute atomic E-state index is 11.3. The van der Waals surface area contributed by atoms with Gasteiger partial charge in [-0.25, -0.2) is 0 Å². The Morgan fingerprint density at radius 3 is 0.938 bits per heavy atom. The number of carbonyl (C=O) groups excluding carboxylic acids is 4. The van der Waals surface area contributed by atoms with Crippen molar-refractivity contribution in [1.82, 2.24) is 0 Å². The van der Waals surface area contributed by atoms with E-state index in [4.69, 9.17) is 0 Å². The van der Waals surface area contributed by atoms with Gasteiger partial charge in [-0.2, -0.15) is 0 Å². The molecule has 0 saturated heterocycles. The lowest BCUT2D eigenvalue weighted by Crippen LogP contribution is -1.93. The second kappa shape index (κ2) is 8.52.